The summed E-state index contributed by atoms with van der Waals surface area (Å²) < 4.78 is 47.4. The lowest BCUT2D eigenvalue weighted by atomic mass is 10.1. The fourth-order valence-corrected chi connectivity index (χ4v) is 11.4. The van der Waals surface area contributed by atoms with Gasteiger partial charge in [-0.3, -0.25) is 55.4 Å². The number of amides is 4. The van der Waals surface area contributed by atoms with E-state index in [0.717, 1.165) is 62.6 Å². The minimum Gasteiger partial charge on any atom is -0.406 e. The van der Waals surface area contributed by atoms with Crippen molar-refractivity contribution in [1.29, 1.82) is 0 Å². The van der Waals surface area contributed by atoms with E-state index in [2.05, 4.69) is 91.3 Å². The molecule has 0 unspecified atom stereocenters. The summed E-state index contributed by atoms with van der Waals surface area (Å²) in [6, 6.07) is 77.5. The van der Waals surface area contributed by atoms with Gasteiger partial charge in [-0.05, 0) is 190 Å². The Bertz CT molecular complexity index is 6050. The van der Waals surface area contributed by atoms with Crippen LogP contribution in [0.15, 0.2) is 292 Å². The van der Waals surface area contributed by atoms with Crippen LogP contribution in [-0.4, -0.2) is 114 Å². The topological polar surface area (TPSA) is 313 Å². The molecule has 16 aromatic rings. The summed E-state index contributed by atoms with van der Waals surface area (Å²) in [5, 5.41) is 29.5. The van der Waals surface area contributed by atoms with Gasteiger partial charge >= 0.3 is 6.36 Å². The summed E-state index contributed by atoms with van der Waals surface area (Å²) >= 11 is 0. The first-order valence-electron chi connectivity index (χ1n) is 35.7. The first-order valence-corrected chi connectivity index (χ1v) is 35.7. The molecule has 0 bridgehead atoms. The van der Waals surface area contributed by atoms with Crippen molar-refractivity contribution >= 4 is 47.4 Å². The van der Waals surface area contributed by atoms with Gasteiger partial charge in [-0.2, -0.15) is 38.7 Å². The molecule has 0 aliphatic rings. The Morgan fingerprint density at radius 3 is 1.03 bits per heavy atom. The normalized spacial score (nSPS) is 10.8. The minimum atomic E-state index is -4.80. The number of aromatic nitrogens is 17. The number of benzene rings is 8. The van der Waals surface area contributed by atoms with Crippen LogP contribution < -0.4 is 26.0 Å². The average Bonchev–Trinajstić information content (AvgIpc) is 1.67. The Morgan fingerprint density at radius 1 is 0.322 bits per heavy atom. The number of halogens is 3. The van der Waals surface area contributed by atoms with Gasteiger partial charge in [-0.1, -0.05) is 146 Å². The number of nitrogens with one attached hydrogen (secondary N) is 4. The SMILES string of the molecule is Cc1ccc(-c2nc(NC(=O)c3ccccc3C)n(-c3ccccc3)n2)nc1.Cc1ccccc1C(=O)Nc1nc(-c2ccccn2)nn1-c1ccc(OC(F)(F)F)cc1.Cc1ccccc1C(=O)Nc1nc(-c2ccncn2)nn1-c1ccccc1.Cc1ccccc1C(=O)Nc1nc(-c2ncccc2C)nn1-c1ccccc1. The van der Waals surface area contributed by atoms with Crippen LogP contribution in [0.4, 0.5) is 37.0 Å². The maximum Gasteiger partial charge on any atom is 0.573 e. The van der Waals surface area contributed by atoms with Crippen molar-refractivity contribution < 1.29 is 37.1 Å². The molecule has 570 valence electrons. The van der Waals surface area contributed by atoms with Crippen molar-refractivity contribution in [2.45, 2.75) is 47.9 Å². The Hall–Kier alpha value is -15.7. The number of pyridine rings is 3. The smallest absolute Gasteiger partial charge is 0.406 e. The third kappa shape index (κ3) is 19.5. The van der Waals surface area contributed by atoms with Gasteiger partial charge in [0.15, 0.2) is 0 Å². The number of rotatable bonds is 17. The second-order valence-electron chi connectivity index (χ2n) is 25.5. The zero-order valence-electron chi connectivity index (χ0n) is 62.5. The number of alkyl halides is 3. The van der Waals surface area contributed by atoms with E-state index in [4.69, 9.17) is 0 Å². The van der Waals surface area contributed by atoms with Gasteiger partial charge in [0.25, 0.3) is 23.6 Å². The molecule has 0 fully saturated rings. The average molecular weight is 1530 g/mol. The molecule has 8 heterocycles. The van der Waals surface area contributed by atoms with Crippen LogP contribution in [0.3, 0.4) is 0 Å². The van der Waals surface area contributed by atoms with Crippen molar-refractivity contribution in [2.75, 3.05) is 21.3 Å². The van der Waals surface area contributed by atoms with Crippen molar-refractivity contribution in [3.05, 3.63) is 348 Å². The predicted molar refractivity (Wildman–Crippen MR) is 429 cm³/mol. The molecule has 4 N–H and O–H groups in total. The Morgan fingerprint density at radius 2 is 0.670 bits per heavy atom. The molecule has 16 rings (SSSR count). The van der Waals surface area contributed by atoms with Gasteiger partial charge in [-0.15, -0.1) is 33.6 Å². The lowest BCUT2D eigenvalue weighted by Gasteiger charge is -2.11. The van der Waals surface area contributed by atoms with E-state index in [1.807, 2.05) is 211 Å². The van der Waals surface area contributed by atoms with Gasteiger partial charge in [0.05, 0.1) is 22.7 Å². The van der Waals surface area contributed by atoms with Gasteiger partial charge in [0.1, 0.15) is 34.9 Å². The van der Waals surface area contributed by atoms with Gasteiger partial charge < -0.3 is 4.74 Å². The van der Waals surface area contributed by atoms with Crippen molar-refractivity contribution in [3.63, 3.8) is 0 Å². The maximum atomic E-state index is 12.8. The highest BCUT2D eigenvalue weighted by Crippen LogP contribution is 2.29. The molecule has 8 aromatic heterocycles. The van der Waals surface area contributed by atoms with E-state index in [0.29, 0.717) is 86.0 Å². The second-order valence-corrected chi connectivity index (χ2v) is 25.5. The minimum absolute atomic E-state index is 0.0865. The van der Waals surface area contributed by atoms with E-state index in [-0.39, 0.29) is 35.2 Å². The second kappa shape index (κ2) is 35.8. The monoisotopic (exact) mass is 1530 g/mol. The first-order chi connectivity index (χ1) is 55.8. The van der Waals surface area contributed by atoms with Crippen LogP contribution in [-0.2, 0) is 0 Å². The van der Waals surface area contributed by atoms with Gasteiger partial charge in [-0.25, -0.2) is 9.97 Å². The highest BCUT2D eigenvalue weighted by atomic mass is 19.4. The quantitative estimate of drug-likeness (QED) is 0.0658. The van der Waals surface area contributed by atoms with Crippen LogP contribution in [0.5, 0.6) is 5.75 Å². The first kappa shape index (κ1) is 77.5. The zero-order valence-corrected chi connectivity index (χ0v) is 62.5. The Kier molecular flexibility index (Phi) is 24.1. The number of hydrogen-bond acceptors (Lipinski definition) is 18. The summed E-state index contributed by atoms with van der Waals surface area (Å²) in [5.74, 6) is 1.17. The maximum absolute atomic E-state index is 12.8. The molecule has 0 radical (unpaired) electrons. The highest BCUT2D eigenvalue weighted by molar-refractivity contribution is 6.06. The van der Waals surface area contributed by atoms with Crippen molar-refractivity contribution in [1.82, 2.24) is 84.0 Å². The Balaban J connectivity index is 0.000000134. The molecule has 0 spiro atoms. The summed E-state index contributed by atoms with van der Waals surface area (Å²) in [7, 11) is 0. The summed E-state index contributed by atoms with van der Waals surface area (Å²) in [5.41, 5.74) is 12.8. The molecule has 0 aliphatic carbocycles. The van der Waals surface area contributed by atoms with Gasteiger partial charge in [0, 0.05) is 47.0 Å². The summed E-state index contributed by atoms with van der Waals surface area (Å²) in [4.78, 5) is 90.3. The van der Waals surface area contributed by atoms with Crippen LogP contribution in [0.25, 0.3) is 68.8 Å². The van der Waals surface area contributed by atoms with E-state index >= 15 is 0 Å². The molecule has 4 amide bonds. The lowest BCUT2D eigenvalue weighted by Crippen LogP contribution is -2.17. The third-order valence-corrected chi connectivity index (χ3v) is 17.3. The van der Waals surface area contributed by atoms with Gasteiger partial charge in [0.2, 0.25) is 47.1 Å². The molecule has 8 aromatic carbocycles. The molecule has 0 atom stereocenters. The molecule has 26 nitrogen and oxygen atoms in total. The van der Waals surface area contributed by atoms with Crippen LogP contribution in [0, 0.1) is 41.5 Å². The number of ether oxygens (including phenoxy) is 1. The number of nitrogens with zero attached hydrogens (tertiary/aromatic N) is 17. The fourth-order valence-electron chi connectivity index (χ4n) is 11.4. The largest absolute Gasteiger partial charge is 0.573 e. The van der Waals surface area contributed by atoms with Crippen LogP contribution in [0.1, 0.15) is 74.8 Å². The number of carbonyl (C=O) groups is 4. The standard InChI is InChI=1S/C22H16F3N5O2.2C22H19N5O.C20H16N6O/c1-14-6-2-3-7-17(14)20(31)28-21-27-19(18-8-4-5-13-26-18)29-30(21)15-9-11-16(12-10-15)32-22(23,24)25;1-15-9-6-7-13-18(15)21(28)25-22-24-20(19-16(2)10-8-14-23-19)26-27(22)17-11-4-3-5-12-17;1-15-12-13-19(23-14-15)20-24-22(27(26-20)17-9-4-3-5-10-17)25-21(28)18-11-7-6-8-16(18)2;1-14-7-5-6-10-16(14)19(27)24-20-23-18(17-11-12-21-13-22-17)25-26(20)15-8-3-2-4-9-15/h2-13H,1H3,(H,27,28,29,31);2*3-14H,1-2H3,(H,24,25,26,28);2-13H,1H3,(H,23,24,25,27). The van der Waals surface area contributed by atoms with E-state index in [9.17, 15) is 32.3 Å². The molecule has 0 saturated heterocycles. The lowest BCUT2D eigenvalue weighted by molar-refractivity contribution is -0.274. The predicted octanol–water partition coefficient (Wildman–Crippen LogP) is 16.5. The molecule has 29 heteroatoms. The molecular weight excluding hydrogens is 1460 g/mol. The van der Waals surface area contributed by atoms with E-state index in [1.165, 1.54) is 23.1 Å². The molecule has 0 aliphatic heterocycles. The van der Waals surface area contributed by atoms with E-state index in [1.54, 1.807) is 106 Å². The van der Waals surface area contributed by atoms with Crippen molar-refractivity contribution in [3.8, 4) is 74.6 Å². The Labute approximate surface area is 656 Å². The van der Waals surface area contributed by atoms with Crippen LogP contribution in [0.2, 0.25) is 0 Å². The third-order valence-electron chi connectivity index (χ3n) is 17.3. The molecule has 0 saturated carbocycles. The number of para-hydroxylation sites is 3. The van der Waals surface area contributed by atoms with Crippen molar-refractivity contribution in [2.24, 2.45) is 0 Å². The number of anilines is 4. The summed E-state index contributed by atoms with van der Waals surface area (Å²) in [6.07, 6.45) is 3.31. The van der Waals surface area contributed by atoms with Crippen LogP contribution >= 0.6 is 0 Å². The summed E-state index contributed by atoms with van der Waals surface area (Å²) in [6.45, 7) is 11.4. The molecular formula is C86H70F3N21O5. The van der Waals surface area contributed by atoms with E-state index < -0.39 is 12.3 Å². The number of aryl methyl sites for hydroxylation is 6. The number of carbonyl (C=O) groups excluding carboxylic acids is 4. The molecule has 115 heavy (non-hydrogen) atoms. The fraction of sp³-hybridized carbons (Fsp3) is 0.0814. The highest BCUT2D eigenvalue weighted by Gasteiger charge is 2.31. The zero-order chi connectivity index (χ0) is 80.4. The number of hydrogen-bond donors (Lipinski definition) is 4.